The molecular formula is C22H27N3O2. The number of amides is 1. The summed E-state index contributed by atoms with van der Waals surface area (Å²) in [4.78, 5) is 20.7. The number of carbonyl (C=O) groups is 1. The zero-order valence-electron chi connectivity index (χ0n) is 15.7. The predicted molar refractivity (Wildman–Crippen MR) is 106 cm³/mol. The molecule has 0 atom stereocenters. The standard InChI is InChI=1S/C22H27N3O2/c26-22-17-27-21-7-10-23-16-20(21)25(22)12-4-11-24-13-8-19(9-14-24)15-18-5-2-1-3-6-18/h1-3,5-7,10,16,19H,4,8-9,11-15,17H2. The van der Waals surface area contributed by atoms with Crippen molar-refractivity contribution in [2.75, 3.05) is 37.7 Å². The lowest BCUT2D eigenvalue weighted by Gasteiger charge is -2.33. The summed E-state index contributed by atoms with van der Waals surface area (Å²) in [5, 5.41) is 0. The first kappa shape index (κ1) is 18.0. The van der Waals surface area contributed by atoms with Gasteiger partial charge in [0.25, 0.3) is 5.91 Å². The van der Waals surface area contributed by atoms with Gasteiger partial charge in [-0.15, -0.1) is 0 Å². The highest BCUT2D eigenvalue weighted by Gasteiger charge is 2.25. The Kier molecular flexibility index (Phi) is 5.68. The molecule has 0 N–H and O–H groups in total. The molecule has 1 saturated heterocycles. The van der Waals surface area contributed by atoms with Gasteiger partial charge in [-0.2, -0.15) is 0 Å². The van der Waals surface area contributed by atoms with Gasteiger partial charge in [0.15, 0.2) is 6.61 Å². The lowest BCUT2D eigenvalue weighted by Crippen LogP contribution is -2.41. The van der Waals surface area contributed by atoms with Crippen LogP contribution in [0.4, 0.5) is 5.69 Å². The van der Waals surface area contributed by atoms with Crippen LogP contribution in [0.15, 0.2) is 48.8 Å². The molecule has 0 aliphatic carbocycles. The van der Waals surface area contributed by atoms with Crippen LogP contribution in [0.5, 0.6) is 5.75 Å². The molecule has 0 bridgehead atoms. The third kappa shape index (κ3) is 4.48. The number of rotatable bonds is 6. The Morgan fingerprint density at radius 2 is 1.89 bits per heavy atom. The highest BCUT2D eigenvalue weighted by Crippen LogP contribution is 2.30. The zero-order chi connectivity index (χ0) is 18.5. The fourth-order valence-corrected chi connectivity index (χ4v) is 4.11. The van der Waals surface area contributed by atoms with Crippen molar-refractivity contribution < 1.29 is 9.53 Å². The second-order valence-electron chi connectivity index (χ2n) is 7.51. The highest BCUT2D eigenvalue weighted by molar-refractivity contribution is 5.97. The fraction of sp³-hybridized carbons (Fsp3) is 0.455. The van der Waals surface area contributed by atoms with Gasteiger partial charge in [-0.05, 0) is 56.8 Å². The Balaban J connectivity index is 1.22. The van der Waals surface area contributed by atoms with E-state index in [1.165, 1.54) is 24.8 Å². The normalized spacial score (nSPS) is 18.2. The number of benzene rings is 1. The number of piperidine rings is 1. The molecule has 1 aromatic heterocycles. The summed E-state index contributed by atoms with van der Waals surface area (Å²) in [6.07, 6.45) is 8.12. The van der Waals surface area contributed by atoms with E-state index >= 15 is 0 Å². The van der Waals surface area contributed by atoms with E-state index in [1.807, 2.05) is 11.0 Å². The number of likely N-dealkylation sites (tertiary alicyclic amines) is 1. The largest absolute Gasteiger partial charge is 0.481 e. The summed E-state index contributed by atoms with van der Waals surface area (Å²) in [7, 11) is 0. The third-order valence-electron chi connectivity index (χ3n) is 5.63. The first-order chi connectivity index (χ1) is 13.3. The molecule has 4 rings (SSSR count). The summed E-state index contributed by atoms with van der Waals surface area (Å²) in [5.74, 6) is 1.57. The monoisotopic (exact) mass is 365 g/mol. The smallest absolute Gasteiger partial charge is 0.265 e. The van der Waals surface area contributed by atoms with Crippen molar-refractivity contribution in [2.24, 2.45) is 5.92 Å². The summed E-state index contributed by atoms with van der Waals surface area (Å²) in [5.41, 5.74) is 2.25. The van der Waals surface area contributed by atoms with Crippen LogP contribution in [-0.4, -0.2) is 48.6 Å². The third-order valence-corrected chi connectivity index (χ3v) is 5.63. The van der Waals surface area contributed by atoms with E-state index in [-0.39, 0.29) is 12.5 Å². The number of hydrogen-bond acceptors (Lipinski definition) is 4. The summed E-state index contributed by atoms with van der Waals surface area (Å²) in [6.45, 7) is 4.21. The summed E-state index contributed by atoms with van der Waals surface area (Å²) >= 11 is 0. The van der Waals surface area contributed by atoms with Gasteiger partial charge in [-0.1, -0.05) is 30.3 Å². The number of nitrogens with zero attached hydrogens (tertiary/aromatic N) is 3. The molecule has 2 aliphatic rings. The van der Waals surface area contributed by atoms with Gasteiger partial charge in [0.1, 0.15) is 11.4 Å². The van der Waals surface area contributed by atoms with E-state index in [1.54, 1.807) is 12.4 Å². The average molecular weight is 365 g/mol. The van der Waals surface area contributed by atoms with Crippen molar-refractivity contribution in [3.05, 3.63) is 54.4 Å². The Morgan fingerprint density at radius 3 is 2.70 bits per heavy atom. The maximum atomic E-state index is 12.2. The minimum atomic E-state index is 0.0251. The van der Waals surface area contributed by atoms with E-state index in [0.717, 1.165) is 50.0 Å². The van der Waals surface area contributed by atoms with E-state index in [0.29, 0.717) is 0 Å². The first-order valence-corrected chi connectivity index (χ1v) is 9.93. The zero-order valence-corrected chi connectivity index (χ0v) is 15.7. The maximum Gasteiger partial charge on any atom is 0.265 e. The lowest BCUT2D eigenvalue weighted by molar-refractivity contribution is -0.121. The average Bonchev–Trinajstić information content (AvgIpc) is 2.72. The highest BCUT2D eigenvalue weighted by atomic mass is 16.5. The number of fused-ring (bicyclic) bond motifs is 1. The quantitative estimate of drug-likeness (QED) is 0.789. The van der Waals surface area contributed by atoms with Gasteiger partial charge in [0, 0.05) is 18.8 Å². The van der Waals surface area contributed by atoms with Crippen molar-refractivity contribution in [3.63, 3.8) is 0 Å². The number of pyridine rings is 1. The number of carbonyl (C=O) groups excluding carboxylic acids is 1. The summed E-state index contributed by atoms with van der Waals surface area (Å²) < 4.78 is 5.48. The molecule has 2 aromatic rings. The maximum absolute atomic E-state index is 12.2. The summed E-state index contributed by atoms with van der Waals surface area (Å²) in [6, 6.07) is 12.6. The van der Waals surface area contributed by atoms with Crippen molar-refractivity contribution in [3.8, 4) is 5.75 Å². The van der Waals surface area contributed by atoms with Crippen molar-refractivity contribution in [1.29, 1.82) is 0 Å². The second-order valence-corrected chi connectivity index (χ2v) is 7.51. The van der Waals surface area contributed by atoms with Crippen LogP contribution < -0.4 is 9.64 Å². The number of hydrogen-bond donors (Lipinski definition) is 0. The predicted octanol–water partition coefficient (Wildman–Crippen LogP) is 3.15. The molecule has 0 saturated carbocycles. The molecular weight excluding hydrogens is 338 g/mol. The Labute approximate surface area is 161 Å². The molecule has 1 aromatic carbocycles. The first-order valence-electron chi connectivity index (χ1n) is 9.93. The molecule has 5 nitrogen and oxygen atoms in total. The Morgan fingerprint density at radius 1 is 1.07 bits per heavy atom. The van der Waals surface area contributed by atoms with Gasteiger partial charge in [0.2, 0.25) is 0 Å². The molecule has 1 fully saturated rings. The van der Waals surface area contributed by atoms with Gasteiger partial charge >= 0.3 is 0 Å². The van der Waals surface area contributed by atoms with Crippen LogP contribution in [0.1, 0.15) is 24.8 Å². The molecule has 27 heavy (non-hydrogen) atoms. The SMILES string of the molecule is O=C1COc2ccncc2N1CCCN1CCC(Cc2ccccc2)CC1. The Hall–Kier alpha value is -2.40. The van der Waals surface area contributed by atoms with Crippen molar-refractivity contribution >= 4 is 11.6 Å². The molecule has 0 unspecified atom stereocenters. The molecule has 0 radical (unpaired) electrons. The van der Waals surface area contributed by atoms with Gasteiger partial charge in [0.05, 0.1) is 6.20 Å². The molecule has 1 amide bonds. The van der Waals surface area contributed by atoms with Crippen LogP contribution in [0, 0.1) is 5.92 Å². The Bertz CT molecular complexity index is 757. The molecule has 2 aliphatic heterocycles. The van der Waals surface area contributed by atoms with Crippen LogP contribution >= 0.6 is 0 Å². The van der Waals surface area contributed by atoms with Crippen LogP contribution in [-0.2, 0) is 11.2 Å². The van der Waals surface area contributed by atoms with Crippen molar-refractivity contribution in [1.82, 2.24) is 9.88 Å². The van der Waals surface area contributed by atoms with Crippen LogP contribution in [0.25, 0.3) is 0 Å². The molecule has 142 valence electrons. The van der Waals surface area contributed by atoms with Gasteiger partial charge in [-0.25, -0.2) is 0 Å². The van der Waals surface area contributed by atoms with E-state index < -0.39 is 0 Å². The van der Waals surface area contributed by atoms with Gasteiger partial charge < -0.3 is 14.5 Å². The number of aromatic nitrogens is 1. The minimum Gasteiger partial charge on any atom is -0.481 e. The van der Waals surface area contributed by atoms with Crippen LogP contribution in [0.3, 0.4) is 0 Å². The topological polar surface area (TPSA) is 45.7 Å². The second kappa shape index (κ2) is 8.53. The van der Waals surface area contributed by atoms with Gasteiger partial charge in [-0.3, -0.25) is 9.78 Å². The molecule has 3 heterocycles. The fourth-order valence-electron chi connectivity index (χ4n) is 4.11. The number of anilines is 1. The van der Waals surface area contributed by atoms with Crippen LogP contribution in [0.2, 0.25) is 0 Å². The van der Waals surface area contributed by atoms with E-state index in [4.69, 9.17) is 4.74 Å². The number of ether oxygens (including phenoxy) is 1. The lowest BCUT2D eigenvalue weighted by atomic mass is 9.90. The molecule has 5 heteroatoms. The molecule has 0 spiro atoms. The van der Waals surface area contributed by atoms with E-state index in [2.05, 4.69) is 40.2 Å². The van der Waals surface area contributed by atoms with E-state index in [9.17, 15) is 4.79 Å². The minimum absolute atomic E-state index is 0.0251. The van der Waals surface area contributed by atoms with Crippen molar-refractivity contribution in [2.45, 2.75) is 25.7 Å².